The molecule has 0 aromatic heterocycles. The van der Waals surface area contributed by atoms with E-state index in [1.54, 1.807) is 13.0 Å². The fraction of sp³-hybridized carbons (Fsp3) is 0.316. The van der Waals surface area contributed by atoms with E-state index in [4.69, 9.17) is 0 Å². The lowest BCUT2D eigenvalue weighted by Gasteiger charge is -2.22. The van der Waals surface area contributed by atoms with Crippen molar-refractivity contribution in [2.45, 2.75) is 25.2 Å². The summed E-state index contributed by atoms with van der Waals surface area (Å²) < 4.78 is 38.6. The number of rotatable bonds is 4. The molecule has 0 aliphatic carbocycles. The first kappa shape index (κ1) is 18.4. The summed E-state index contributed by atoms with van der Waals surface area (Å²) in [6.07, 6.45) is -4.41. The fourth-order valence-electron chi connectivity index (χ4n) is 3.11. The molecule has 2 aromatic carbocycles. The quantitative estimate of drug-likeness (QED) is 0.781. The van der Waals surface area contributed by atoms with Gasteiger partial charge in [0.1, 0.15) is 0 Å². The minimum Gasteiger partial charge on any atom is -0.349 e. The lowest BCUT2D eigenvalue weighted by molar-refractivity contribution is -0.137. The molecular formula is C19H20F3N3O. The number of alkyl halides is 3. The first-order valence-electron chi connectivity index (χ1n) is 8.37. The van der Waals surface area contributed by atoms with Crippen LogP contribution in [-0.2, 0) is 11.0 Å². The topological polar surface area (TPSA) is 53.2 Å². The number of carbonyl (C=O) groups is 1. The van der Waals surface area contributed by atoms with Gasteiger partial charge in [0.05, 0.1) is 23.6 Å². The highest BCUT2D eigenvalue weighted by molar-refractivity contribution is 5.80. The summed E-state index contributed by atoms with van der Waals surface area (Å²) in [6, 6.07) is 13.9. The van der Waals surface area contributed by atoms with Crippen molar-refractivity contribution in [3.8, 4) is 0 Å². The molecule has 0 radical (unpaired) electrons. The third-order valence-corrected chi connectivity index (χ3v) is 4.55. The van der Waals surface area contributed by atoms with Gasteiger partial charge < -0.3 is 5.32 Å². The maximum atomic E-state index is 12.9. The zero-order valence-electron chi connectivity index (χ0n) is 14.2. The molecule has 0 saturated carbocycles. The van der Waals surface area contributed by atoms with E-state index in [2.05, 4.69) is 16.2 Å². The minimum absolute atomic E-state index is 0.190. The molecule has 3 N–H and O–H groups in total. The second-order valence-corrected chi connectivity index (χ2v) is 6.37. The van der Waals surface area contributed by atoms with Crippen molar-refractivity contribution in [3.63, 3.8) is 0 Å². The minimum atomic E-state index is -4.41. The summed E-state index contributed by atoms with van der Waals surface area (Å²) in [4.78, 5) is 12.7. The van der Waals surface area contributed by atoms with Crippen LogP contribution in [0.15, 0.2) is 54.6 Å². The highest BCUT2D eigenvalue weighted by Gasteiger charge is 2.35. The van der Waals surface area contributed by atoms with E-state index >= 15 is 0 Å². The number of hydrogen-bond donors (Lipinski definition) is 3. The molecule has 3 unspecified atom stereocenters. The van der Waals surface area contributed by atoms with Crippen molar-refractivity contribution in [1.82, 2.24) is 16.2 Å². The Morgan fingerprint density at radius 2 is 1.88 bits per heavy atom. The van der Waals surface area contributed by atoms with Gasteiger partial charge in [-0.2, -0.15) is 13.2 Å². The molecule has 1 aliphatic heterocycles. The van der Waals surface area contributed by atoms with Crippen molar-refractivity contribution in [2.75, 3.05) is 6.54 Å². The molecule has 1 saturated heterocycles. The maximum Gasteiger partial charge on any atom is 0.416 e. The summed E-state index contributed by atoms with van der Waals surface area (Å²) in [6.45, 7) is 2.13. The molecule has 0 spiro atoms. The van der Waals surface area contributed by atoms with Crippen LogP contribution in [-0.4, -0.2) is 12.5 Å². The molecule has 0 bridgehead atoms. The lowest BCUT2D eigenvalue weighted by atomic mass is 9.93. The lowest BCUT2D eigenvalue weighted by Crippen LogP contribution is -2.36. The van der Waals surface area contributed by atoms with Gasteiger partial charge in [-0.3, -0.25) is 10.2 Å². The van der Waals surface area contributed by atoms with E-state index in [0.29, 0.717) is 12.1 Å². The van der Waals surface area contributed by atoms with E-state index in [0.717, 1.165) is 17.7 Å². The van der Waals surface area contributed by atoms with Gasteiger partial charge in [0.2, 0.25) is 5.91 Å². The van der Waals surface area contributed by atoms with E-state index in [9.17, 15) is 18.0 Å². The molecule has 138 valence electrons. The van der Waals surface area contributed by atoms with E-state index in [1.807, 2.05) is 30.3 Å². The summed E-state index contributed by atoms with van der Waals surface area (Å²) >= 11 is 0. The van der Waals surface area contributed by atoms with Gasteiger partial charge >= 0.3 is 6.18 Å². The van der Waals surface area contributed by atoms with Crippen LogP contribution >= 0.6 is 0 Å². The van der Waals surface area contributed by atoms with Crippen molar-refractivity contribution in [1.29, 1.82) is 0 Å². The summed E-state index contributed by atoms with van der Waals surface area (Å²) in [5.74, 6) is -0.563. The number of halogens is 3. The van der Waals surface area contributed by atoms with Gasteiger partial charge in [-0.1, -0.05) is 42.5 Å². The first-order valence-corrected chi connectivity index (χ1v) is 8.37. The predicted molar refractivity (Wildman–Crippen MR) is 91.8 cm³/mol. The molecule has 4 nitrogen and oxygen atoms in total. The van der Waals surface area contributed by atoms with Gasteiger partial charge in [-0.25, -0.2) is 5.43 Å². The SMILES string of the molecule is CC(NC(=O)C1CNNC1c1ccccc1)c1cccc(C(F)(F)F)c1. The zero-order chi connectivity index (χ0) is 18.7. The third kappa shape index (κ3) is 4.05. The molecule has 1 aliphatic rings. The smallest absolute Gasteiger partial charge is 0.349 e. The van der Waals surface area contributed by atoms with Crippen molar-refractivity contribution in [2.24, 2.45) is 5.92 Å². The van der Waals surface area contributed by atoms with Crippen molar-refractivity contribution >= 4 is 5.91 Å². The molecule has 2 aromatic rings. The highest BCUT2D eigenvalue weighted by atomic mass is 19.4. The average Bonchev–Trinajstić information content (AvgIpc) is 3.12. The monoisotopic (exact) mass is 363 g/mol. The second-order valence-electron chi connectivity index (χ2n) is 6.37. The number of amides is 1. The van der Waals surface area contributed by atoms with Gasteiger partial charge in [0.25, 0.3) is 0 Å². The van der Waals surface area contributed by atoms with Gasteiger partial charge in [0, 0.05) is 6.54 Å². The van der Waals surface area contributed by atoms with Crippen LogP contribution in [0.25, 0.3) is 0 Å². The Kier molecular flexibility index (Phi) is 5.29. The Labute approximate surface area is 149 Å². The summed E-state index contributed by atoms with van der Waals surface area (Å²) in [5.41, 5.74) is 6.75. The molecule has 3 rings (SSSR count). The number of nitrogens with one attached hydrogen (secondary N) is 3. The number of hydrogen-bond acceptors (Lipinski definition) is 3. The average molecular weight is 363 g/mol. The van der Waals surface area contributed by atoms with Crippen LogP contribution in [0.2, 0.25) is 0 Å². The van der Waals surface area contributed by atoms with E-state index in [1.165, 1.54) is 6.07 Å². The molecule has 26 heavy (non-hydrogen) atoms. The zero-order valence-corrected chi connectivity index (χ0v) is 14.2. The Bertz CT molecular complexity index is 764. The standard InChI is InChI=1S/C19H20F3N3O/c1-12(14-8-5-9-15(10-14)19(20,21)22)24-18(26)16-11-23-25-17(16)13-6-3-2-4-7-13/h2-10,12,16-17,23,25H,11H2,1H3,(H,24,26). The Morgan fingerprint density at radius 1 is 1.15 bits per heavy atom. The molecular weight excluding hydrogens is 343 g/mol. The Morgan fingerprint density at radius 3 is 2.58 bits per heavy atom. The molecule has 1 heterocycles. The van der Waals surface area contributed by atoms with Crippen LogP contribution in [0.4, 0.5) is 13.2 Å². The van der Waals surface area contributed by atoms with E-state index in [-0.39, 0.29) is 17.9 Å². The molecule has 1 amide bonds. The normalized spacial score (nSPS) is 21.4. The second kappa shape index (κ2) is 7.47. The third-order valence-electron chi connectivity index (χ3n) is 4.55. The highest BCUT2D eigenvalue weighted by Crippen LogP contribution is 2.31. The van der Waals surface area contributed by atoms with Gasteiger partial charge in [0.15, 0.2) is 0 Å². The summed E-state index contributed by atoms with van der Waals surface area (Å²) in [7, 11) is 0. The van der Waals surface area contributed by atoms with Crippen LogP contribution in [0.5, 0.6) is 0 Å². The Balaban J connectivity index is 1.71. The van der Waals surface area contributed by atoms with Crippen LogP contribution in [0.1, 0.15) is 35.7 Å². The fourth-order valence-corrected chi connectivity index (χ4v) is 3.11. The van der Waals surface area contributed by atoms with E-state index < -0.39 is 17.8 Å². The summed E-state index contributed by atoms with van der Waals surface area (Å²) in [5, 5.41) is 2.83. The predicted octanol–water partition coefficient (Wildman–Crippen LogP) is 3.35. The number of hydrazine groups is 1. The first-order chi connectivity index (χ1) is 12.4. The van der Waals surface area contributed by atoms with Gasteiger partial charge in [-0.15, -0.1) is 0 Å². The molecule has 3 atom stereocenters. The van der Waals surface area contributed by atoms with Crippen LogP contribution in [0.3, 0.4) is 0 Å². The largest absolute Gasteiger partial charge is 0.416 e. The molecule has 1 fully saturated rings. The van der Waals surface area contributed by atoms with Crippen LogP contribution in [0, 0.1) is 5.92 Å². The number of carbonyl (C=O) groups excluding carboxylic acids is 1. The van der Waals surface area contributed by atoms with Crippen molar-refractivity contribution < 1.29 is 18.0 Å². The Hall–Kier alpha value is -2.38. The van der Waals surface area contributed by atoms with Gasteiger partial charge in [-0.05, 0) is 30.2 Å². The maximum absolute atomic E-state index is 12.9. The number of benzene rings is 2. The molecule has 7 heteroatoms. The van der Waals surface area contributed by atoms with Crippen molar-refractivity contribution in [3.05, 3.63) is 71.3 Å². The van der Waals surface area contributed by atoms with Crippen LogP contribution < -0.4 is 16.2 Å².